The van der Waals surface area contributed by atoms with Crippen LogP contribution in [0.3, 0.4) is 0 Å². The molecule has 16 nitrogen and oxygen atoms in total. The SMILES string of the molecule is CC[C@@H](C)[C@@H]1NC(=O)CNC(=O)[C@H](C)NC(=O)CNC(=O)[C@H](C(C)C)NC(=O)C2CCCN2C(=O)[C@H](Cc2ccccc2)NC(=O)CNC1=O. The maximum atomic E-state index is 14.0. The van der Waals surface area contributed by atoms with Crippen molar-refractivity contribution in [3.63, 3.8) is 0 Å². The van der Waals surface area contributed by atoms with Crippen LogP contribution in [-0.4, -0.2) is 109 Å². The van der Waals surface area contributed by atoms with Gasteiger partial charge in [-0.1, -0.05) is 64.4 Å². The monoisotopic (exact) mass is 698 g/mol. The van der Waals surface area contributed by atoms with Crippen molar-refractivity contribution in [2.45, 2.75) is 90.5 Å². The molecule has 2 saturated heterocycles. The third kappa shape index (κ3) is 11.3. The van der Waals surface area contributed by atoms with Gasteiger partial charge in [-0.2, -0.15) is 0 Å². The van der Waals surface area contributed by atoms with Gasteiger partial charge < -0.3 is 42.1 Å². The minimum absolute atomic E-state index is 0.110. The summed E-state index contributed by atoms with van der Waals surface area (Å²) in [5, 5.41) is 17.9. The fourth-order valence-corrected chi connectivity index (χ4v) is 5.74. The maximum Gasteiger partial charge on any atom is 0.246 e. The Bertz CT molecular complexity index is 1420. The first-order valence-electron chi connectivity index (χ1n) is 17.1. The van der Waals surface area contributed by atoms with Crippen molar-refractivity contribution >= 4 is 47.3 Å². The van der Waals surface area contributed by atoms with E-state index >= 15 is 0 Å². The van der Waals surface area contributed by atoms with Crippen LogP contribution in [0.2, 0.25) is 0 Å². The van der Waals surface area contributed by atoms with Crippen LogP contribution in [0, 0.1) is 11.8 Å². The summed E-state index contributed by atoms with van der Waals surface area (Å²) in [5.41, 5.74) is 0.755. The van der Waals surface area contributed by atoms with Crippen LogP contribution < -0.4 is 37.2 Å². The lowest BCUT2D eigenvalue weighted by Crippen LogP contribution is -2.59. The molecular formula is C34H50N8O8. The van der Waals surface area contributed by atoms with Gasteiger partial charge in [0.1, 0.15) is 30.2 Å². The molecule has 0 bridgehead atoms. The number of carbonyl (C=O) groups is 8. The number of nitrogens with zero attached hydrogens (tertiary/aromatic N) is 1. The second-order valence-electron chi connectivity index (χ2n) is 13.1. The molecule has 1 aromatic rings. The standard InChI is InChI=1S/C34H50N8O8/c1-6-20(4)29-33(49)37-17-26(44)39-23(15-22-11-8-7-9-12-22)34(50)42-14-10-13-24(42)31(47)41-28(19(2)3)32(48)36-16-25(43)38-21(5)30(46)35-18-27(45)40-29/h7-9,11-12,19-21,23-24,28-29H,6,10,13-18H2,1-5H3,(H,35,46)(H,36,48)(H,37,49)(H,38,43)(H,39,44)(H,40,45)(H,41,47)/t20-,21+,23+,24?,28+,29+/m1/s1. The Morgan fingerprint density at radius 1 is 0.700 bits per heavy atom. The number of hydrogen-bond acceptors (Lipinski definition) is 8. The summed E-state index contributed by atoms with van der Waals surface area (Å²) in [5.74, 6) is -5.72. The molecule has 0 aromatic heterocycles. The van der Waals surface area contributed by atoms with E-state index in [0.717, 1.165) is 5.56 Å². The van der Waals surface area contributed by atoms with Crippen molar-refractivity contribution in [3.8, 4) is 0 Å². The van der Waals surface area contributed by atoms with Crippen LogP contribution in [-0.2, 0) is 44.8 Å². The average Bonchev–Trinajstić information content (AvgIpc) is 3.59. The summed E-state index contributed by atoms with van der Waals surface area (Å²) in [6, 6.07) is 3.86. The van der Waals surface area contributed by atoms with E-state index in [0.29, 0.717) is 19.3 Å². The first kappa shape index (κ1) is 39.4. The average molecular weight is 699 g/mol. The zero-order valence-corrected chi connectivity index (χ0v) is 29.3. The number of benzene rings is 1. The molecule has 0 saturated carbocycles. The summed E-state index contributed by atoms with van der Waals surface area (Å²) in [7, 11) is 0. The highest BCUT2D eigenvalue weighted by atomic mass is 16.2. The Morgan fingerprint density at radius 2 is 1.26 bits per heavy atom. The highest BCUT2D eigenvalue weighted by Crippen LogP contribution is 2.20. The van der Waals surface area contributed by atoms with Gasteiger partial charge in [-0.05, 0) is 37.2 Å². The second-order valence-corrected chi connectivity index (χ2v) is 13.1. The van der Waals surface area contributed by atoms with Gasteiger partial charge in [0.05, 0.1) is 19.6 Å². The van der Waals surface area contributed by atoms with Crippen molar-refractivity contribution in [3.05, 3.63) is 35.9 Å². The van der Waals surface area contributed by atoms with E-state index in [9.17, 15) is 38.4 Å². The van der Waals surface area contributed by atoms with Crippen LogP contribution in [0.5, 0.6) is 0 Å². The van der Waals surface area contributed by atoms with Gasteiger partial charge >= 0.3 is 0 Å². The Labute approximate surface area is 292 Å². The van der Waals surface area contributed by atoms with E-state index in [1.54, 1.807) is 45.0 Å². The van der Waals surface area contributed by atoms with Crippen LogP contribution in [0.1, 0.15) is 59.4 Å². The number of amides is 8. The molecule has 274 valence electrons. The van der Waals surface area contributed by atoms with Crippen molar-refractivity contribution in [1.82, 2.24) is 42.1 Å². The molecule has 3 rings (SSSR count). The highest BCUT2D eigenvalue weighted by molar-refractivity contribution is 5.97. The normalized spacial score (nSPS) is 26.3. The molecule has 16 heteroatoms. The van der Waals surface area contributed by atoms with Crippen LogP contribution in [0.4, 0.5) is 0 Å². The highest BCUT2D eigenvalue weighted by Gasteiger charge is 2.39. The third-order valence-corrected chi connectivity index (χ3v) is 8.85. The van der Waals surface area contributed by atoms with Crippen molar-refractivity contribution in [2.24, 2.45) is 11.8 Å². The van der Waals surface area contributed by atoms with Crippen LogP contribution >= 0.6 is 0 Å². The minimum atomic E-state index is -1.08. The smallest absolute Gasteiger partial charge is 0.246 e. The molecule has 2 fully saturated rings. The molecule has 6 atom stereocenters. The lowest BCUT2D eigenvalue weighted by atomic mass is 9.98. The summed E-state index contributed by atoms with van der Waals surface area (Å²) >= 11 is 0. The number of fused-ring (bicyclic) bond motifs is 1. The lowest BCUT2D eigenvalue weighted by molar-refractivity contribution is -0.142. The number of carbonyl (C=O) groups excluding carboxylic acids is 8. The third-order valence-electron chi connectivity index (χ3n) is 8.85. The Morgan fingerprint density at radius 3 is 1.86 bits per heavy atom. The van der Waals surface area contributed by atoms with Gasteiger partial charge in [-0.25, -0.2) is 0 Å². The Hall–Kier alpha value is -5.02. The Balaban J connectivity index is 1.90. The van der Waals surface area contributed by atoms with E-state index in [2.05, 4.69) is 37.2 Å². The maximum absolute atomic E-state index is 14.0. The van der Waals surface area contributed by atoms with E-state index < -0.39 is 97.1 Å². The topological polar surface area (TPSA) is 224 Å². The first-order valence-corrected chi connectivity index (χ1v) is 17.1. The predicted molar refractivity (Wildman–Crippen MR) is 182 cm³/mol. The van der Waals surface area contributed by atoms with Gasteiger partial charge in [0, 0.05) is 13.0 Å². The predicted octanol–water partition coefficient (Wildman–Crippen LogP) is -1.76. The van der Waals surface area contributed by atoms with Gasteiger partial charge in [0.2, 0.25) is 47.3 Å². The van der Waals surface area contributed by atoms with Gasteiger partial charge in [-0.3, -0.25) is 38.4 Å². The summed E-state index contributed by atoms with van der Waals surface area (Å²) < 4.78 is 0. The molecule has 0 aliphatic carbocycles. The van der Waals surface area contributed by atoms with E-state index in [4.69, 9.17) is 0 Å². The minimum Gasteiger partial charge on any atom is -0.345 e. The van der Waals surface area contributed by atoms with E-state index in [-0.39, 0.29) is 24.8 Å². The van der Waals surface area contributed by atoms with Crippen LogP contribution in [0.15, 0.2) is 30.3 Å². The quantitative estimate of drug-likeness (QED) is 0.186. The molecule has 7 N–H and O–H groups in total. The number of rotatable bonds is 5. The lowest BCUT2D eigenvalue weighted by Gasteiger charge is -2.30. The Kier molecular flexibility index (Phi) is 14.7. The zero-order chi connectivity index (χ0) is 37.0. The summed E-state index contributed by atoms with van der Waals surface area (Å²) in [6.45, 7) is 7.17. The fraction of sp³-hybridized carbons (Fsp3) is 0.588. The first-order chi connectivity index (χ1) is 23.7. The van der Waals surface area contributed by atoms with Crippen molar-refractivity contribution in [1.29, 1.82) is 0 Å². The van der Waals surface area contributed by atoms with E-state index in [1.807, 2.05) is 13.0 Å². The molecule has 2 aliphatic rings. The molecule has 50 heavy (non-hydrogen) atoms. The molecule has 1 unspecified atom stereocenters. The molecule has 2 heterocycles. The van der Waals surface area contributed by atoms with Crippen molar-refractivity contribution < 1.29 is 38.4 Å². The van der Waals surface area contributed by atoms with Crippen molar-refractivity contribution in [2.75, 3.05) is 26.2 Å². The molecule has 1 aromatic carbocycles. The van der Waals surface area contributed by atoms with E-state index in [1.165, 1.54) is 11.8 Å². The molecule has 0 spiro atoms. The van der Waals surface area contributed by atoms with Crippen LogP contribution in [0.25, 0.3) is 0 Å². The van der Waals surface area contributed by atoms with Gasteiger partial charge in [0.25, 0.3) is 0 Å². The molecule has 2 aliphatic heterocycles. The zero-order valence-electron chi connectivity index (χ0n) is 29.3. The van der Waals surface area contributed by atoms with Gasteiger partial charge in [0.15, 0.2) is 0 Å². The summed E-state index contributed by atoms with van der Waals surface area (Å²) in [4.78, 5) is 106. The molecule has 0 radical (unpaired) electrons. The summed E-state index contributed by atoms with van der Waals surface area (Å²) in [6.07, 6.45) is 1.46. The number of nitrogens with one attached hydrogen (secondary N) is 7. The molecular weight excluding hydrogens is 648 g/mol. The number of hydrogen-bond donors (Lipinski definition) is 7. The van der Waals surface area contributed by atoms with Gasteiger partial charge in [-0.15, -0.1) is 0 Å². The molecule has 8 amide bonds. The fourth-order valence-electron chi connectivity index (χ4n) is 5.74. The largest absolute Gasteiger partial charge is 0.345 e. The second kappa shape index (κ2) is 18.7.